The average molecular weight is 244 g/mol. The van der Waals surface area contributed by atoms with Crippen molar-refractivity contribution in [2.24, 2.45) is 0 Å². The van der Waals surface area contributed by atoms with Gasteiger partial charge in [-0.25, -0.2) is 0 Å². The summed E-state index contributed by atoms with van der Waals surface area (Å²) in [7, 11) is 0. The molecular formula is C14H16N2O2. The van der Waals surface area contributed by atoms with Gasteiger partial charge in [0.2, 0.25) is 0 Å². The Bertz CT molecular complexity index is 573. The summed E-state index contributed by atoms with van der Waals surface area (Å²) < 4.78 is 6.95. The van der Waals surface area contributed by atoms with E-state index in [0.29, 0.717) is 13.2 Å². The van der Waals surface area contributed by atoms with Crippen LogP contribution in [0.4, 0.5) is 0 Å². The monoisotopic (exact) mass is 244 g/mol. The molecule has 0 aromatic carbocycles. The fourth-order valence-electron chi connectivity index (χ4n) is 1.67. The van der Waals surface area contributed by atoms with Gasteiger partial charge in [0.15, 0.2) is 0 Å². The summed E-state index contributed by atoms with van der Waals surface area (Å²) >= 11 is 0. The Balaban J connectivity index is 2.16. The van der Waals surface area contributed by atoms with E-state index in [1.165, 1.54) is 0 Å². The Hall–Kier alpha value is -2.10. The summed E-state index contributed by atoms with van der Waals surface area (Å²) in [5, 5.41) is 0. The van der Waals surface area contributed by atoms with Crippen molar-refractivity contribution >= 4 is 0 Å². The second-order valence-electron chi connectivity index (χ2n) is 4.09. The summed E-state index contributed by atoms with van der Waals surface area (Å²) in [6.45, 7) is 4.94. The van der Waals surface area contributed by atoms with E-state index < -0.39 is 0 Å². The predicted octanol–water partition coefficient (Wildman–Crippen LogP) is 2.00. The maximum absolute atomic E-state index is 11.7. The van der Waals surface area contributed by atoms with Gasteiger partial charge in [-0.05, 0) is 37.6 Å². The lowest BCUT2D eigenvalue weighted by molar-refractivity contribution is 0.338. The second-order valence-corrected chi connectivity index (χ2v) is 4.09. The molecule has 0 bridgehead atoms. The van der Waals surface area contributed by atoms with Gasteiger partial charge in [-0.1, -0.05) is 0 Å². The highest BCUT2D eigenvalue weighted by atomic mass is 16.5. The molecule has 0 radical (unpaired) electrons. The molecule has 0 amide bonds. The molecule has 0 N–H and O–H groups in total. The lowest BCUT2D eigenvalue weighted by Crippen LogP contribution is -2.19. The van der Waals surface area contributed by atoms with Gasteiger partial charge in [-0.15, -0.1) is 0 Å². The fraction of sp³-hybridized carbons (Fsp3) is 0.286. The van der Waals surface area contributed by atoms with Gasteiger partial charge in [-0.3, -0.25) is 9.78 Å². The van der Waals surface area contributed by atoms with Crippen molar-refractivity contribution in [2.45, 2.75) is 20.4 Å². The standard InChI is InChI=1S/C14H16N2O2/c1-3-18-13-5-4-12(15-9-13)10-16-7-6-11(2)8-14(16)17/h4-9H,3,10H2,1-2H3. The molecule has 94 valence electrons. The smallest absolute Gasteiger partial charge is 0.251 e. The van der Waals surface area contributed by atoms with Crippen LogP contribution in [-0.4, -0.2) is 16.2 Å². The van der Waals surface area contributed by atoms with E-state index in [0.717, 1.165) is 17.0 Å². The lowest BCUT2D eigenvalue weighted by Gasteiger charge is -2.06. The number of aryl methyl sites for hydroxylation is 1. The Morgan fingerprint density at radius 2 is 2.17 bits per heavy atom. The van der Waals surface area contributed by atoms with Gasteiger partial charge >= 0.3 is 0 Å². The van der Waals surface area contributed by atoms with Gasteiger partial charge in [0, 0.05) is 12.3 Å². The van der Waals surface area contributed by atoms with Crippen LogP contribution in [0.25, 0.3) is 0 Å². The number of rotatable bonds is 4. The third kappa shape index (κ3) is 2.97. The van der Waals surface area contributed by atoms with Crippen LogP contribution in [0.5, 0.6) is 5.75 Å². The molecule has 4 nitrogen and oxygen atoms in total. The minimum atomic E-state index is -0.00863. The predicted molar refractivity (Wildman–Crippen MR) is 69.9 cm³/mol. The maximum Gasteiger partial charge on any atom is 0.251 e. The Morgan fingerprint density at radius 1 is 1.33 bits per heavy atom. The Kier molecular flexibility index (Phi) is 3.77. The lowest BCUT2D eigenvalue weighted by atomic mass is 10.3. The largest absolute Gasteiger partial charge is 0.492 e. The number of hydrogen-bond donors (Lipinski definition) is 0. The van der Waals surface area contributed by atoms with Gasteiger partial charge < -0.3 is 9.30 Å². The van der Waals surface area contributed by atoms with Gasteiger partial charge in [0.1, 0.15) is 5.75 Å². The van der Waals surface area contributed by atoms with Crippen molar-refractivity contribution in [3.8, 4) is 5.75 Å². The van der Waals surface area contributed by atoms with Crippen LogP contribution in [0.15, 0.2) is 41.5 Å². The summed E-state index contributed by atoms with van der Waals surface area (Å²) in [6.07, 6.45) is 3.47. The van der Waals surface area contributed by atoms with E-state index in [1.807, 2.05) is 32.0 Å². The first-order valence-electron chi connectivity index (χ1n) is 5.94. The fourth-order valence-corrected chi connectivity index (χ4v) is 1.67. The highest BCUT2D eigenvalue weighted by Crippen LogP contribution is 2.09. The summed E-state index contributed by atoms with van der Waals surface area (Å²) in [4.78, 5) is 16.0. The SMILES string of the molecule is CCOc1ccc(Cn2ccc(C)cc2=O)nc1. The molecule has 0 spiro atoms. The van der Waals surface area contributed by atoms with E-state index in [2.05, 4.69) is 4.98 Å². The molecule has 18 heavy (non-hydrogen) atoms. The molecule has 4 heteroatoms. The number of ether oxygens (including phenoxy) is 1. The van der Waals surface area contributed by atoms with Gasteiger partial charge in [-0.2, -0.15) is 0 Å². The summed E-state index contributed by atoms with van der Waals surface area (Å²) in [5.41, 5.74) is 1.80. The minimum absolute atomic E-state index is 0.00863. The molecule has 2 aromatic heterocycles. The number of hydrogen-bond acceptors (Lipinski definition) is 3. The highest BCUT2D eigenvalue weighted by molar-refractivity contribution is 5.20. The van der Waals surface area contributed by atoms with Crippen LogP contribution in [0.2, 0.25) is 0 Å². The van der Waals surface area contributed by atoms with Crippen molar-refractivity contribution in [1.82, 2.24) is 9.55 Å². The third-order valence-electron chi connectivity index (χ3n) is 2.59. The van der Waals surface area contributed by atoms with Crippen LogP contribution >= 0.6 is 0 Å². The van der Waals surface area contributed by atoms with Crippen LogP contribution < -0.4 is 10.3 Å². The number of nitrogens with zero attached hydrogens (tertiary/aromatic N) is 2. The quantitative estimate of drug-likeness (QED) is 0.826. The van der Waals surface area contributed by atoms with E-state index >= 15 is 0 Å². The number of aromatic nitrogens is 2. The molecule has 0 fully saturated rings. The van der Waals surface area contributed by atoms with Crippen LogP contribution in [0.1, 0.15) is 18.2 Å². The molecule has 0 unspecified atom stereocenters. The Labute approximate surface area is 106 Å². The van der Waals surface area contributed by atoms with Crippen molar-refractivity contribution in [3.05, 3.63) is 58.3 Å². The first-order chi connectivity index (χ1) is 8.69. The molecule has 0 saturated carbocycles. The molecule has 0 aliphatic rings. The van der Waals surface area contributed by atoms with Crippen molar-refractivity contribution in [1.29, 1.82) is 0 Å². The van der Waals surface area contributed by atoms with E-state index in [-0.39, 0.29) is 5.56 Å². The molecule has 2 aromatic rings. The Morgan fingerprint density at radius 3 is 2.78 bits per heavy atom. The van der Waals surface area contributed by atoms with Crippen LogP contribution in [0.3, 0.4) is 0 Å². The van der Waals surface area contributed by atoms with Gasteiger partial charge in [0.25, 0.3) is 5.56 Å². The van der Waals surface area contributed by atoms with E-state index in [4.69, 9.17) is 4.74 Å². The van der Waals surface area contributed by atoms with E-state index in [1.54, 1.807) is 23.0 Å². The zero-order valence-electron chi connectivity index (χ0n) is 10.6. The molecule has 0 atom stereocenters. The maximum atomic E-state index is 11.7. The molecule has 2 heterocycles. The first kappa shape index (κ1) is 12.4. The first-order valence-corrected chi connectivity index (χ1v) is 5.94. The summed E-state index contributed by atoms with van der Waals surface area (Å²) in [5.74, 6) is 0.748. The average Bonchev–Trinajstić information content (AvgIpc) is 2.35. The molecular weight excluding hydrogens is 228 g/mol. The highest BCUT2D eigenvalue weighted by Gasteiger charge is 2.00. The molecule has 0 saturated heterocycles. The minimum Gasteiger partial charge on any atom is -0.492 e. The van der Waals surface area contributed by atoms with Crippen LogP contribution in [-0.2, 0) is 6.54 Å². The second kappa shape index (κ2) is 5.49. The van der Waals surface area contributed by atoms with Gasteiger partial charge in [0.05, 0.1) is 25.0 Å². The normalized spacial score (nSPS) is 10.3. The zero-order chi connectivity index (χ0) is 13.0. The summed E-state index contributed by atoms with van der Waals surface area (Å²) in [6, 6.07) is 7.27. The third-order valence-corrected chi connectivity index (χ3v) is 2.59. The van der Waals surface area contributed by atoms with Crippen LogP contribution in [0, 0.1) is 6.92 Å². The van der Waals surface area contributed by atoms with Crippen molar-refractivity contribution < 1.29 is 4.74 Å². The molecule has 0 aliphatic heterocycles. The van der Waals surface area contributed by atoms with Crippen molar-refractivity contribution in [3.63, 3.8) is 0 Å². The molecule has 2 rings (SSSR count). The topological polar surface area (TPSA) is 44.1 Å². The van der Waals surface area contributed by atoms with E-state index in [9.17, 15) is 4.79 Å². The van der Waals surface area contributed by atoms with Crippen molar-refractivity contribution in [2.75, 3.05) is 6.61 Å². The zero-order valence-corrected chi connectivity index (χ0v) is 10.6. The molecule has 0 aliphatic carbocycles. The number of pyridine rings is 2.